The van der Waals surface area contributed by atoms with Gasteiger partial charge in [-0.1, -0.05) is 6.07 Å². The number of rotatable bonds is 2. The molecule has 1 unspecified atom stereocenters. The van der Waals surface area contributed by atoms with Gasteiger partial charge in [0.2, 0.25) is 15.9 Å². The van der Waals surface area contributed by atoms with Crippen LogP contribution in [0.25, 0.3) is 0 Å². The molecule has 0 N–H and O–H groups in total. The highest BCUT2D eigenvalue weighted by Crippen LogP contribution is 2.26. The Morgan fingerprint density at radius 3 is 2.78 bits per heavy atom. The summed E-state index contributed by atoms with van der Waals surface area (Å²) in [5.74, 6) is -0.842. The quantitative estimate of drug-likeness (QED) is 0.789. The summed E-state index contributed by atoms with van der Waals surface area (Å²) in [6.45, 7) is 3.36. The second-order valence-corrected chi connectivity index (χ2v) is 7.64. The summed E-state index contributed by atoms with van der Waals surface area (Å²) in [5, 5.41) is 0. The van der Waals surface area contributed by atoms with Crippen molar-refractivity contribution >= 4 is 27.5 Å². The SMILES string of the molecule is CC1CN(C(=O)c2cccc(N3C(=O)CCS3(=O)=O)c2)CCO1. The third-order valence-electron chi connectivity index (χ3n) is 3.93. The van der Waals surface area contributed by atoms with Gasteiger partial charge in [-0.3, -0.25) is 9.59 Å². The summed E-state index contributed by atoms with van der Waals surface area (Å²) in [5.41, 5.74) is 0.589. The minimum Gasteiger partial charge on any atom is -0.375 e. The van der Waals surface area contributed by atoms with Gasteiger partial charge in [-0.15, -0.1) is 0 Å². The molecular formula is C15H18N2O5S. The van der Waals surface area contributed by atoms with E-state index in [0.29, 0.717) is 25.3 Å². The Labute approximate surface area is 134 Å². The maximum absolute atomic E-state index is 12.6. The Hall–Kier alpha value is -1.93. The molecule has 0 aliphatic carbocycles. The molecule has 3 rings (SSSR count). The summed E-state index contributed by atoms with van der Waals surface area (Å²) in [4.78, 5) is 26.1. The normalized spacial score (nSPS) is 24.0. The minimum absolute atomic E-state index is 0.0263. The van der Waals surface area contributed by atoms with Crippen LogP contribution in [0, 0.1) is 0 Å². The Morgan fingerprint density at radius 2 is 2.13 bits per heavy atom. The highest BCUT2D eigenvalue weighted by Gasteiger charge is 2.36. The maximum atomic E-state index is 12.6. The van der Waals surface area contributed by atoms with Crippen molar-refractivity contribution in [2.75, 3.05) is 29.8 Å². The van der Waals surface area contributed by atoms with Crippen molar-refractivity contribution in [3.8, 4) is 0 Å². The van der Waals surface area contributed by atoms with Crippen LogP contribution in [0.5, 0.6) is 0 Å². The van der Waals surface area contributed by atoms with Gasteiger partial charge in [0.05, 0.1) is 24.2 Å². The van der Waals surface area contributed by atoms with Crippen molar-refractivity contribution in [3.63, 3.8) is 0 Å². The van der Waals surface area contributed by atoms with Crippen LogP contribution >= 0.6 is 0 Å². The Morgan fingerprint density at radius 1 is 1.35 bits per heavy atom. The average molecular weight is 338 g/mol. The van der Waals surface area contributed by atoms with Crippen molar-refractivity contribution in [1.29, 1.82) is 0 Å². The third-order valence-corrected chi connectivity index (χ3v) is 5.63. The monoisotopic (exact) mass is 338 g/mol. The lowest BCUT2D eigenvalue weighted by molar-refractivity contribution is -0.116. The fourth-order valence-electron chi connectivity index (χ4n) is 2.82. The standard InChI is InChI=1S/C15H18N2O5S/c1-11-10-16(6-7-22-11)15(19)12-3-2-4-13(9-12)17-14(18)5-8-23(17,20)21/h2-4,9,11H,5-8,10H2,1H3. The predicted molar refractivity (Wildman–Crippen MR) is 83.6 cm³/mol. The first-order valence-corrected chi connectivity index (χ1v) is 9.06. The zero-order chi connectivity index (χ0) is 16.6. The molecule has 0 radical (unpaired) electrons. The second kappa shape index (κ2) is 5.93. The zero-order valence-corrected chi connectivity index (χ0v) is 13.6. The molecule has 23 heavy (non-hydrogen) atoms. The number of anilines is 1. The lowest BCUT2D eigenvalue weighted by atomic mass is 10.1. The molecule has 2 saturated heterocycles. The van der Waals surface area contributed by atoms with E-state index >= 15 is 0 Å². The average Bonchev–Trinajstić information content (AvgIpc) is 2.80. The molecule has 8 heteroatoms. The van der Waals surface area contributed by atoms with Crippen molar-refractivity contribution < 1.29 is 22.7 Å². The predicted octanol–water partition coefficient (Wildman–Crippen LogP) is 0.614. The van der Waals surface area contributed by atoms with Gasteiger partial charge in [0, 0.05) is 25.1 Å². The summed E-state index contributed by atoms with van der Waals surface area (Å²) in [6, 6.07) is 6.20. The Kier molecular flexibility index (Phi) is 4.11. The van der Waals surface area contributed by atoms with E-state index in [4.69, 9.17) is 4.74 Å². The van der Waals surface area contributed by atoms with Crippen LogP contribution in [0.15, 0.2) is 24.3 Å². The van der Waals surface area contributed by atoms with E-state index in [1.54, 1.807) is 17.0 Å². The highest BCUT2D eigenvalue weighted by molar-refractivity contribution is 7.94. The van der Waals surface area contributed by atoms with Gasteiger partial charge in [-0.25, -0.2) is 12.7 Å². The fourth-order valence-corrected chi connectivity index (χ4v) is 4.27. The molecule has 2 heterocycles. The number of nitrogens with zero attached hydrogens (tertiary/aromatic N) is 2. The highest BCUT2D eigenvalue weighted by atomic mass is 32.2. The number of morpholine rings is 1. The molecule has 1 aromatic rings. The largest absolute Gasteiger partial charge is 0.375 e. The minimum atomic E-state index is -3.63. The van der Waals surface area contributed by atoms with Crippen LogP contribution in [0.1, 0.15) is 23.7 Å². The topological polar surface area (TPSA) is 84.0 Å². The molecule has 7 nitrogen and oxygen atoms in total. The van der Waals surface area contributed by atoms with Gasteiger partial charge in [-0.2, -0.15) is 0 Å². The van der Waals surface area contributed by atoms with Gasteiger partial charge in [0.1, 0.15) is 0 Å². The first-order chi connectivity index (χ1) is 10.9. The molecule has 2 fully saturated rings. The molecule has 0 bridgehead atoms. The van der Waals surface area contributed by atoms with E-state index < -0.39 is 15.9 Å². The van der Waals surface area contributed by atoms with Gasteiger partial charge in [0.25, 0.3) is 5.91 Å². The molecule has 2 aliphatic rings. The van der Waals surface area contributed by atoms with Crippen LogP contribution in [-0.2, 0) is 19.6 Å². The van der Waals surface area contributed by atoms with Gasteiger partial charge in [-0.05, 0) is 25.1 Å². The molecule has 0 saturated carbocycles. The van der Waals surface area contributed by atoms with Crippen LogP contribution in [0.2, 0.25) is 0 Å². The molecule has 2 aliphatic heterocycles. The molecular weight excluding hydrogens is 320 g/mol. The first kappa shape index (κ1) is 15.9. The van der Waals surface area contributed by atoms with E-state index in [2.05, 4.69) is 0 Å². The second-order valence-electron chi connectivity index (χ2n) is 5.71. The van der Waals surface area contributed by atoms with E-state index in [1.807, 2.05) is 6.92 Å². The number of carbonyl (C=O) groups excluding carboxylic acids is 2. The van der Waals surface area contributed by atoms with E-state index in [1.165, 1.54) is 12.1 Å². The van der Waals surface area contributed by atoms with Gasteiger partial charge in [0.15, 0.2) is 0 Å². The first-order valence-electron chi connectivity index (χ1n) is 7.45. The summed E-state index contributed by atoms with van der Waals surface area (Å²) >= 11 is 0. The summed E-state index contributed by atoms with van der Waals surface area (Å²) < 4.78 is 30.2. The number of ether oxygens (including phenoxy) is 1. The maximum Gasteiger partial charge on any atom is 0.254 e. The number of carbonyl (C=O) groups is 2. The smallest absolute Gasteiger partial charge is 0.254 e. The van der Waals surface area contributed by atoms with Crippen LogP contribution in [0.3, 0.4) is 0 Å². The van der Waals surface area contributed by atoms with Gasteiger partial charge < -0.3 is 9.64 Å². The van der Waals surface area contributed by atoms with Crippen LogP contribution in [0.4, 0.5) is 5.69 Å². The molecule has 0 spiro atoms. The van der Waals surface area contributed by atoms with Gasteiger partial charge >= 0.3 is 0 Å². The van der Waals surface area contributed by atoms with Crippen LogP contribution < -0.4 is 4.31 Å². The van der Waals surface area contributed by atoms with E-state index in [-0.39, 0.29) is 29.9 Å². The fraction of sp³-hybridized carbons (Fsp3) is 0.467. The third kappa shape index (κ3) is 3.09. The number of amides is 2. The van der Waals surface area contributed by atoms with Crippen LogP contribution in [-0.4, -0.2) is 56.7 Å². The number of hydrogen-bond acceptors (Lipinski definition) is 5. The van der Waals surface area contributed by atoms with E-state index in [0.717, 1.165) is 4.31 Å². The summed E-state index contributed by atoms with van der Waals surface area (Å²) in [7, 11) is -3.63. The number of benzene rings is 1. The number of sulfonamides is 1. The summed E-state index contributed by atoms with van der Waals surface area (Å²) in [6.07, 6.45) is -0.0574. The molecule has 1 atom stereocenters. The van der Waals surface area contributed by atoms with Crippen molar-refractivity contribution in [1.82, 2.24) is 4.90 Å². The molecule has 1 aromatic carbocycles. The van der Waals surface area contributed by atoms with E-state index in [9.17, 15) is 18.0 Å². The molecule has 2 amide bonds. The van der Waals surface area contributed by atoms with Crippen molar-refractivity contribution in [3.05, 3.63) is 29.8 Å². The Balaban J connectivity index is 1.88. The number of hydrogen-bond donors (Lipinski definition) is 0. The Bertz CT molecular complexity index is 746. The van der Waals surface area contributed by atoms with Crippen molar-refractivity contribution in [2.24, 2.45) is 0 Å². The lowest BCUT2D eigenvalue weighted by Gasteiger charge is -2.31. The lowest BCUT2D eigenvalue weighted by Crippen LogP contribution is -2.44. The van der Waals surface area contributed by atoms with Crippen molar-refractivity contribution in [2.45, 2.75) is 19.4 Å². The molecule has 0 aromatic heterocycles. The zero-order valence-electron chi connectivity index (χ0n) is 12.8. The molecule has 124 valence electrons.